The number of fused-ring (bicyclic) bond motifs is 1. The van der Waals surface area contributed by atoms with Crippen molar-refractivity contribution in [2.45, 2.75) is 65.2 Å². The summed E-state index contributed by atoms with van der Waals surface area (Å²) in [5.74, 6) is 1.84. The van der Waals surface area contributed by atoms with Crippen LogP contribution in [0.3, 0.4) is 0 Å². The number of benzene rings is 1. The van der Waals surface area contributed by atoms with Crippen LogP contribution in [-0.4, -0.2) is 23.9 Å². The summed E-state index contributed by atoms with van der Waals surface area (Å²) < 4.78 is 5.55. The molecule has 3 heteroatoms. The normalized spacial score (nSPS) is 21.1. The van der Waals surface area contributed by atoms with Gasteiger partial charge in [0, 0.05) is 12.2 Å². The lowest BCUT2D eigenvalue weighted by Gasteiger charge is -2.36. The zero-order valence-corrected chi connectivity index (χ0v) is 15.7. The minimum absolute atomic E-state index is 0.206. The molecule has 1 aromatic rings. The van der Waals surface area contributed by atoms with Gasteiger partial charge in [-0.25, -0.2) is 0 Å². The molecule has 0 spiro atoms. The molecule has 1 unspecified atom stereocenters. The van der Waals surface area contributed by atoms with Gasteiger partial charge in [0.15, 0.2) is 11.5 Å². The van der Waals surface area contributed by atoms with Gasteiger partial charge < -0.3 is 14.9 Å². The van der Waals surface area contributed by atoms with Gasteiger partial charge in [0.25, 0.3) is 0 Å². The average molecular weight is 332 g/mol. The number of hydrogen-bond acceptors (Lipinski definition) is 3. The minimum Gasteiger partial charge on any atom is -0.504 e. The molecular formula is C21H32O3. The highest BCUT2D eigenvalue weighted by Crippen LogP contribution is 2.50. The topological polar surface area (TPSA) is 49.7 Å². The molecule has 0 radical (unpaired) electrons. The SMILES string of the molecule is COc1c(O)c(C)cc2c1[C@H](C)CCC2[C@@H](CO)CCC=C(C)C. The molecule has 0 saturated carbocycles. The van der Waals surface area contributed by atoms with Gasteiger partial charge >= 0.3 is 0 Å². The Labute approximate surface area is 146 Å². The predicted molar refractivity (Wildman–Crippen MR) is 99.0 cm³/mol. The third kappa shape index (κ3) is 3.77. The van der Waals surface area contributed by atoms with Crippen LogP contribution >= 0.6 is 0 Å². The number of phenols is 1. The highest BCUT2D eigenvalue weighted by Gasteiger charge is 2.33. The van der Waals surface area contributed by atoms with Crippen molar-refractivity contribution in [1.29, 1.82) is 0 Å². The van der Waals surface area contributed by atoms with Crippen molar-refractivity contribution in [3.05, 3.63) is 34.4 Å². The van der Waals surface area contributed by atoms with E-state index >= 15 is 0 Å². The maximum Gasteiger partial charge on any atom is 0.164 e. The van der Waals surface area contributed by atoms with Crippen LogP contribution in [0.5, 0.6) is 11.5 Å². The number of aryl methyl sites for hydroxylation is 1. The van der Waals surface area contributed by atoms with E-state index in [0.29, 0.717) is 17.6 Å². The monoisotopic (exact) mass is 332 g/mol. The van der Waals surface area contributed by atoms with E-state index in [0.717, 1.165) is 36.8 Å². The lowest BCUT2D eigenvalue weighted by Crippen LogP contribution is -2.23. The van der Waals surface area contributed by atoms with Gasteiger partial charge in [0.2, 0.25) is 0 Å². The number of rotatable bonds is 6. The fourth-order valence-electron chi connectivity index (χ4n) is 4.06. The number of hydrogen-bond donors (Lipinski definition) is 2. The second-order valence-corrected chi connectivity index (χ2v) is 7.46. The molecule has 0 saturated heterocycles. The zero-order chi connectivity index (χ0) is 17.9. The number of phenolic OH excluding ortho intramolecular Hbond substituents is 1. The molecule has 0 aromatic heterocycles. The maximum absolute atomic E-state index is 10.4. The summed E-state index contributed by atoms with van der Waals surface area (Å²) in [6, 6.07) is 2.11. The van der Waals surface area contributed by atoms with Crippen LogP contribution in [-0.2, 0) is 0 Å². The van der Waals surface area contributed by atoms with Crippen LogP contribution in [0.1, 0.15) is 75.0 Å². The van der Waals surface area contributed by atoms with E-state index in [1.54, 1.807) is 7.11 Å². The van der Waals surface area contributed by atoms with E-state index in [1.807, 2.05) is 6.92 Å². The van der Waals surface area contributed by atoms with Crippen LogP contribution < -0.4 is 4.74 Å². The first kappa shape index (κ1) is 18.9. The molecule has 1 aliphatic carbocycles. The number of aliphatic hydroxyl groups is 1. The van der Waals surface area contributed by atoms with Crippen LogP contribution in [0.4, 0.5) is 0 Å². The number of aromatic hydroxyl groups is 1. The van der Waals surface area contributed by atoms with Crippen LogP contribution in [0.2, 0.25) is 0 Å². The summed E-state index contributed by atoms with van der Waals surface area (Å²) in [4.78, 5) is 0. The van der Waals surface area contributed by atoms with Crippen LogP contribution in [0.15, 0.2) is 17.7 Å². The Bertz CT molecular complexity index is 600. The van der Waals surface area contributed by atoms with Crippen molar-refractivity contribution in [2.24, 2.45) is 5.92 Å². The van der Waals surface area contributed by atoms with Crippen LogP contribution in [0, 0.1) is 12.8 Å². The Morgan fingerprint density at radius 1 is 1.38 bits per heavy atom. The zero-order valence-electron chi connectivity index (χ0n) is 15.7. The number of allylic oxidation sites excluding steroid dienone is 2. The molecule has 24 heavy (non-hydrogen) atoms. The Kier molecular flexibility index (Phi) is 6.34. The molecule has 2 N–H and O–H groups in total. The lowest BCUT2D eigenvalue weighted by atomic mass is 9.70. The van der Waals surface area contributed by atoms with Crippen molar-refractivity contribution in [2.75, 3.05) is 13.7 Å². The number of aliphatic hydroxyl groups excluding tert-OH is 1. The van der Waals surface area contributed by atoms with Gasteiger partial charge in [-0.15, -0.1) is 0 Å². The van der Waals surface area contributed by atoms with Gasteiger partial charge in [0.1, 0.15) is 0 Å². The Balaban J connectivity index is 2.40. The molecule has 1 aromatic carbocycles. The Morgan fingerprint density at radius 3 is 2.67 bits per heavy atom. The van der Waals surface area contributed by atoms with Crippen LogP contribution in [0.25, 0.3) is 0 Å². The largest absolute Gasteiger partial charge is 0.504 e. The fraction of sp³-hybridized carbons (Fsp3) is 0.619. The molecule has 3 atom stereocenters. The standard InChI is InChI=1S/C21H32O3/c1-13(2)7-6-8-16(12-22)17-10-9-14(3)19-18(17)11-15(4)20(23)21(19)24-5/h7,11,14,16-17,22-23H,6,8-10,12H2,1-5H3/t14-,16-,17?/m1/s1. The van der Waals surface area contributed by atoms with Gasteiger partial charge in [-0.1, -0.05) is 24.6 Å². The highest BCUT2D eigenvalue weighted by atomic mass is 16.5. The Hall–Kier alpha value is -1.48. The highest BCUT2D eigenvalue weighted by molar-refractivity contribution is 5.57. The average Bonchev–Trinajstić information content (AvgIpc) is 2.54. The molecular weight excluding hydrogens is 300 g/mol. The van der Waals surface area contributed by atoms with Gasteiger partial charge in [0.05, 0.1) is 7.11 Å². The second-order valence-electron chi connectivity index (χ2n) is 7.46. The van der Waals surface area contributed by atoms with Gasteiger partial charge in [-0.2, -0.15) is 0 Å². The smallest absolute Gasteiger partial charge is 0.164 e. The molecule has 3 nitrogen and oxygen atoms in total. The summed E-state index contributed by atoms with van der Waals surface area (Å²) in [7, 11) is 1.63. The number of methoxy groups -OCH3 is 1. The van der Waals surface area contributed by atoms with E-state index in [4.69, 9.17) is 4.74 Å². The van der Waals surface area contributed by atoms with E-state index < -0.39 is 0 Å². The first-order valence-electron chi connectivity index (χ1n) is 9.05. The van der Waals surface area contributed by atoms with Gasteiger partial charge in [-0.3, -0.25) is 0 Å². The Morgan fingerprint density at radius 2 is 2.08 bits per heavy atom. The molecule has 0 bridgehead atoms. The summed E-state index contributed by atoms with van der Waals surface area (Å²) in [5, 5.41) is 20.4. The molecule has 134 valence electrons. The first-order valence-corrected chi connectivity index (χ1v) is 9.05. The molecule has 0 aliphatic heterocycles. The predicted octanol–water partition coefficient (Wildman–Crippen LogP) is 5.05. The number of ether oxygens (including phenoxy) is 1. The summed E-state index contributed by atoms with van der Waals surface area (Å²) in [6.45, 7) is 8.55. The maximum atomic E-state index is 10.4. The van der Waals surface area contributed by atoms with Crippen molar-refractivity contribution >= 4 is 0 Å². The molecule has 0 heterocycles. The molecule has 0 fully saturated rings. The summed E-state index contributed by atoms with van der Waals surface area (Å²) in [5.41, 5.74) is 4.58. The fourth-order valence-corrected chi connectivity index (χ4v) is 4.06. The third-order valence-corrected chi connectivity index (χ3v) is 5.42. The van der Waals surface area contributed by atoms with E-state index in [2.05, 4.69) is 32.9 Å². The third-order valence-electron chi connectivity index (χ3n) is 5.42. The minimum atomic E-state index is 0.206. The van der Waals surface area contributed by atoms with E-state index in [9.17, 15) is 10.2 Å². The van der Waals surface area contributed by atoms with E-state index in [1.165, 1.54) is 11.1 Å². The van der Waals surface area contributed by atoms with Crippen molar-refractivity contribution in [3.8, 4) is 11.5 Å². The van der Waals surface area contributed by atoms with Crippen molar-refractivity contribution in [3.63, 3.8) is 0 Å². The molecule has 0 amide bonds. The first-order chi connectivity index (χ1) is 11.4. The second kappa shape index (κ2) is 8.06. The molecule has 1 aliphatic rings. The van der Waals surface area contributed by atoms with Crippen molar-refractivity contribution in [1.82, 2.24) is 0 Å². The quantitative estimate of drug-likeness (QED) is 0.717. The molecule has 2 rings (SSSR count). The van der Waals surface area contributed by atoms with E-state index in [-0.39, 0.29) is 18.3 Å². The summed E-state index contributed by atoms with van der Waals surface area (Å²) >= 11 is 0. The van der Waals surface area contributed by atoms with Gasteiger partial charge in [-0.05, 0) is 75.3 Å². The van der Waals surface area contributed by atoms with Crippen molar-refractivity contribution < 1.29 is 14.9 Å². The summed E-state index contributed by atoms with van der Waals surface area (Å²) in [6.07, 6.45) is 6.39. The lowest BCUT2D eigenvalue weighted by molar-refractivity contribution is 0.185.